The molecular weight excluding hydrogens is 351 g/mol. The maximum absolute atomic E-state index is 13.4. The number of carbonyl (C=O) groups is 2. The number of carbonyl (C=O) groups excluding carboxylic acids is 2. The van der Waals surface area contributed by atoms with Gasteiger partial charge in [-0.2, -0.15) is 0 Å². The van der Waals surface area contributed by atoms with E-state index in [9.17, 15) is 14.0 Å². The Labute approximate surface area is 154 Å². The van der Waals surface area contributed by atoms with Crippen LogP contribution in [0.3, 0.4) is 0 Å². The van der Waals surface area contributed by atoms with E-state index in [0.717, 1.165) is 0 Å². The lowest BCUT2D eigenvalue weighted by molar-refractivity contribution is -0.147. The summed E-state index contributed by atoms with van der Waals surface area (Å²) in [7, 11) is 0. The van der Waals surface area contributed by atoms with Crippen LogP contribution in [0.1, 0.15) is 13.3 Å². The van der Waals surface area contributed by atoms with E-state index >= 15 is 0 Å². The fourth-order valence-electron chi connectivity index (χ4n) is 3.20. The minimum atomic E-state index is -0.465. The van der Waals surface area contributed by atoms with Gasteiger partial charge in [0.05, 0.1) is 12.5 Å². The normalized spacial score (nSPS) is 16.9. The summed E-state index contributed by atoms with van der Waals surface area (Å²) in [5, 5.41) is 0. The summed E-state index contributed by atoms with van der Waals surface area (Å²) in [5.74, 6) is -1.03. The van der Waals surface area contributed by atoms with E-state index in [1.165, 1.54) is 12.1 Å². The SMILES string of the molecule is CCOC(=O)C1CC(=O)N(c2ccc3oc(-c4cccc(F)c4)nc3c2)C1. The second-order valence-corrected chi connectivity index (χ2v) is 6.34. The first-order chi connectivity index (χ1) is 13.0. The van der Waals surface area contributed by atoms with Crippen LogP contribution in [0.5, 0.6) is 0 Å². The Bertz CT molecular complexity index is 1030. The van der Waals surface area contributed by atoms with Crippen molar-refractivity contribution in [2.75, 3.05) is 18.1 Å². The molecule has 0 bridgehead atoms. The number of hydrogen-bond donors (Lipinski definition) is 0. The Balaban J connectivity index is 1.62. The first-order valence-electron chi connectivity index (χ1n) is 8.68. The molecule has 1 aliphatic heterocycles. The monoisotopic (exact) mass is 368 g/mol. The van der Waals surface area contributed by atoms with Crippen LogP contribution >= 0.6 is 0 Å². The van der Waals surface area contributed by atoms with Crippen molar-refractivity contribution in [1.29, 1.82) is 0 Å². The lowest BCUT2D eigenvalue weighted by Crippen LogP contribution is -2.26. The first kappa shape index (κ1) is 17.2. The number of esters is 1. The summed E-state index contributed by atoms with van der Waals surface area (Å²) in [6, 6.07) is 11.2. The van der Waals surface area contributed by atoms with Gasteiger partial charge in [0.15, 0.2) is 5.58 Å². The van der Waals surface area contributed by atoms with Crippen molar-refractivity contribution in [3.63, 3.8) is 0 Å². The maximum atomic E-state index is 13.4. The van der Waals surface area contributed by atoms with Gasteiger partial charge in [-0.1, -0.05) is 6.07 Å². The number of halogens is 1. The fourth-order valence-corrected chi connectivity index (χ4v) is 3.20. The lowest BCUT2D eigenvalue weighted by atomic mass is 10.1. The average Bonchev–Trinajstić information content (AvgIpc) is 3.25. The highest BCUT2D eigenvalue weighted by Crippen LogP contribution is 2.31. The Kier molecular flexibility index (Phi) is 4.35. The van der Waals surface area contributed by atoms with E-state index in [1.54, 1.807) is 42.2 Å². The Morgan fingerprint density at radius 2 is 2.19 bits per heavy atom. The van der Waals surface area contributed by atoms with Gasteiger partial charge < -0.3 is 14.1 Å². The number of fused-ring (bicyclic) bond motifs is 1. The van der Waals surface area contributed by atoms with Crippen molar-refractivity contribution in [2.24, 2.45) is 5.92 Å². The molecular formula is C20H17FN2O4. The van der Waals surface area contributed by atoms with Crippen LogP contribution < -0.4 is 4.90 Å². The van der Waals surface area contributed by atoms with Crippen LogP contribution in [0.2, 0.25) is 0 Å². The standard InChI is InChI=1S/C20H17FN2O4/c1-2-26-20(25)13-9-18(24)23(11-13)15-6-7-17-16(10-15)22-19(27-17)12-4-3-5-14(21)8-12/h3-8,10,13H,2,9,11H2,1H3. The molecule has 1 aliphatic rings. The van der Waals surface area contributed by atoms with Crippen LogP contribution in [-0.2, 0) is 14.3 Å². The molecule has 4 rings (SSSR count). The number of amides is 1. The van der Waals surface area contributed by atoms with E-state index in [0.29, 0.717) is 28.2 Å². The van der Waals surface area contributed by atoms with E-state index in [2.05, 4.69) is 4.98 Å². The number of nitrogens with zero attached hydrogens (tertiary/aromatic N) is 2. The van der Waals surface area contributed by atoms with Crippen molar-refractivity contribution >= 4 is 28.7 Å². The van der Waals surface area contributed by atoms with Gasteiger partial charge in [0.1, 0.15) is 11.3 Å². The van der Waals surface area contributed by atoms with Crippen molar-refractivity contribution in [1.82, 2.24) is 4.98 Å². The number of anilines is 1. The van der Waals surface area contributed by atoms with Crippen LogP contribution in [0.4, 0.5) is 10.1 Å². The van der Waals surface area contributed by atoms with Crippen molar-refractivity contribution in [3.8, 4) is 11.5 Å². The quantitative estimate of drug-likeness (QED) is 0.659. The molecule has 2 aromatic carbocycles. The zero-order valence-electron chi connectivity index (χ0n) is 14.6. The smallest absolute Gasteiger partial charge is 0.311 e. The first-order valence-corrected chi connectivity index (χ1v) is 8.68. The van der Waals surface area contributed by atoms with Crippen LogP contribution in [-0.4, -0.2) is 30.0 Å². The molecule has 0 saturated carbocycles. The Hall–Kier alpha value is -3.22. The van der Waals surface area contributed by atoms with Crippen LogP contribution in [0, 0.1) is 11.7 Å². The predicted octanol–water partition coefficient (Wildman–Crippen LogP) is 3.55. The summed E-state index contributed by atoms with van der Waals surface area (Å²) in [6.45, 7) is 2.30. The summed E-state index contributed by atoms with van der Waals surface area (Å²) < 4.78 is 24.1. The van der Waals surface area contributed by atoms with Gasteiger partial charge in [-0.05, 0) is 43.3 Å². The Morgan fingerprint density at radius 3 is 2.96 bits per heavy atom. The van der Waals surface area contributed by atoms with Gasteiger partial charge in [-0.15, -0.1) is 0 Å². The summed E-state index contributed by atoms with van der Waals surface area (Å²) in [5.41, 5.74) is 2.26. The average molecular weight is 368 g/mol. The second kappa shape index (κ2) is 6.83. The van der Waals surface area contributed by atoms with Gasteiger partial charge in [0, 0.05) is 24.2 Å². The van der Waals surface area contributed by atoms with E-state index in [-0.39, 0.29) is 37.3 Å². The van der Waals surface area contributed by atoms with Gasteiger partial charge in [-0.25, -0.2) is 9.37 Å². The summed E-state index contributed by atoms with van der Waals surface area (Å²) in [4.78, 5) is 30.2. The molecule has 1 fully saturated rings. The minimum absolute atomic E-state index is 0.129. The number of benzene rings is 2. The zero-order valence-corrected chi connectivity index (χ0v) is 14.6. The number of rotatable bonds is 4. The molecule has 0 radical (unpaired) electrons. The fraction of sp³-hybridized carbons (Fsp3) is 0.250. The number of ether oxygens (including phenoxy) is 1. The molecule has 0 spiro atoms. The molecule has 1 atom stereocenters. The number of hydrogen-bond acceptors (Lipinski definition) is 5. The molecule has 1 amide bonds. The lowest BCUT2D eigenvalue weighted by Gasteiger charge is -2.16. The number of oxazole rings is 1. The van der Waals surface area contributed by atoms with Gasteiger partial charge >= 0.3 is 5.97 Å². The van der Waals surface area contributed by atoms with Gasteiger partial charge in [-0.3, -0.25) is 9.59 Å². The predicted molar refractivity (Wildman–Crippen MR) is 96.5 cm³/mol. The second-order valence-electron chi connectivity index (χ2n) is 6.34. The molecule has 0 N–H and O–H groups in total. The third-order valence-electron chi connectivity index (χ3n) is 4.50. The number of aromatic nitrogens is 1. The molecule has 138 valence electrons. The van der Waals surface area contributed by atoms with Gasteiger partial charge in [0.25, 0.3) is 0 Å². The van der Waals surface area contributed by atoms with Crippen molar-refractivity contribution < 1.29 is 23.1 Å². The molecule has 2 heterocycles. The highest BCUT2D eigenvalue weighted by Gasteiger charge is 2.36. The largest absolute Gasteiger partial charge is 0.466 e. The highest BCUT2D eigenvalue weighted by molar-refractivity contribution is 6.00. The summed E-state index contributed by atoms with van der Waals surface area (Å²) >= 11 is 0. The van der Waals surface area contributed by atoms with Crippen molar-refractivity contribution in [2.45, 2.75) is 13.3 Å². The summed E-state index contributed by atoms with van der Waals surface area (Å²) in [6.07, 6.45) is 0.129. The van der Waals surface area contributed by atoms with Crippen LogP contribution in [0.15, 0.2) is 46.9 Å². The molecule has 7 heteroatoms. The molecule has 0 aliphatic carbocycles. The topological polar surface area (TPSA) is 72.6 Å². The third kappa shape index (κ3) is 3.28. The molecule has 3 aromatic rings. The molecule has 6 nitrogen and oxygen atoms in total. The minimum Gasteiger partial charge on any atom is -0.466 e. The van der Waals surface area contributed by atoms with Crippen molar-refractivity contribution in [3.05, 3.63) is 48.3 Å². The maximum Gasteiger partial charge on any atom is 0.311 e. The van der Waals surface area contributed by atoms with E-state index in [1.807, 2.05) is 0 Å². The third-order valence-corrected chi connectivity index (χ3v) is 4.50. The molecule has 1 saturated heterocycles. The molecule has 1 unspecified atom stereocenters. The van der Waals surface area contributed by atoms with E-state index < -0.39 is 5.92 Å². The molecule has 27 heavy (non-hydrogen) atoms. The van der Waals surface area contributed by atoms with E-state index in [4.69, 9.17) is 9.15 Å². The van der Waals surface area contributed by atoms with Crippen LogP contribution in [0.25, 0.3) is 22.6 Å². The highest BCUT2D eigenvalue weighted by atomic mass is 19.1. The Morgan fingerprint density at radius 1 is 1.33 bits per heavy atom. The molecule has 1 aromatic heterocycles. The van der Waals surface area contributed by atoms with Gasteiger partial charge in [0.2, 0.25) is 11.8 Å². The zero-order chi connectivity index (χ0) is 19.0.